The lowest BCUT2D eigenvalue weighted by molar-refractivity contribution is 0.0942. The molecule has 0 aliphatic carbocycles. The van der Waals surface area contributed by atoms with Gasteiger partial charge in [-0.1, -0.05) is 13.8 Å². The molecule has 22 heavy (non-hydrogen) atoms. The molecule has 0 radical (unpaired) electrons. The Bertz CT molecular complexity index is 869. The Balaban J connectivity index is 1.90. The zero-order chi connectivity index (χ0) is 15.9. The van der Waals surface area contributed by atoms with Crippen LogP contribution in [0.4, 0.5) is 0 Å². The summed E-state index contributed by atoms with van der Waals surface area (Å²) in [5, 5.41) is 7.85. The summed E-state index contributed by atoms with van der Waals surface area (Å²) in [5.41, 5.74) is 1.00. The van der Waals surface area contributed by atoms with E-state index in [9.17, 15) is 13.2 Å². The summed E-state index contributed by atoms with van der Waals surface area (Å²) in [6, 6.07) is 1.12. The Morgan fingerprint density at radius 1 is 1.45 bits per heavy atom. The maximum atomic E-state index is 12.3. The average Bonchev–Trinajstić information content (AvgIpc) is 3.03. The van der Waals surface area contributed by atoms with Crippen molar-refractivity contribution in [3.8, 4) is 0 Å². The van der Waals surface area contributed by atoms with E-state index in [0.717, 1.165) is 11.1 Å². The minimum Gasteiger partial charge on any atom is -0.343 e. The highest BCUT2D eigenvalue weighted by Gasteiger charge is 2.24. The molecule has 2 aromatic heterocycles. The highest BCUT2D eigenvalue weighted by molar-refractivity contribution is 7.94. The number of carbonyl (C=O) groups is 1. The Labute approximate surface area is 127 Å². The topological polar surface area (TPSA) is 106 Å². The number of nitrogens with zero attached hydrogens (tertiary/aromatic N) is 4. The van der Waals surface area contributed by atoms with Crippen molar-refractivity contribution in [1.29, 1.82) is 0 Å². The molecule has 1 N–H and O–H groups in total. The van der Waals surface area contributed by atoms with Gasteiger partial charge in [0.15, 0.2) is 9.84 Å². The van der Waals surface area contributed by atoms with Crippen LogP contribution in [-0.2, 0) is 9.84 Å². The van der Waals surface area contributed by atoms with Gasteiger partial charge in [-0.2, -0.15) is 10.1 Å². The fourth-order valence-electron chi connectivity index (χ4n) is 2.27. The van der Waals surface area contributed by atoms with Crippen molar-refractivity contribution in [3.63, 3.8) is 0 Å². The fourth-order valence-corrected chi connectivity index (χ4v) is 3.51. The van der Waals surface area contributed by atoms with Crippen molar-refractivity contribution in [3.05, 3.63) is 35.3 Å². The van der Waals surface area contributed by atoms with Gasteiger partial charge >= 0.3 is 0 Å². The van der Waals surface area contributed by atoms with E-state index >= 15 is 0 Å². The molecule has 0 spiro atoms. The van der Waals surface area contributed by atoms with Gasteiger partial charge in [-0.25, -0.2) is 17.9 Å². The van der Waals surface area contributed by atoms with Crippen LogP contribution in [0.5, 0.6) is 0 Å². The normalized spacial score (nSPS) is 19.9. The van der Waals surface area contributed by atoms with Crippen LogP contribution in [0.25, 0.3) is 5.78 Å². The number of carbonyl (C=O) groups excluding carboxylic acids is 1. The van der Waals surface area contributed by atoms with Gasteiger partial charge in [0.2, 0.25) is 0 Å². The number of hydrogen-bond acceptors (Lipinski definition) is 6. The van der Waals surface area contributed by atoms with Gasteiger partial charge in [0.25, 0.3) is 11.7 Å². The maximum absolute atomic E-state index is 12.3. The number of rotatable bonds is 3. The summed E-state index contributed by atoms with van der Waals surface area (Å²) in [6.45, 7) is 3.95. The molecule has 0 saturated heterocycles. The second-order valence-corrected chi connectivity index (χ2v) is 7.36. The number of amides is 1. The lowest BCUT2D eigenvalue weighted by Gasteiger charge is -2.12. The second-order valence-electron chi connectivity index (χ2n) is 5.43. The van der Waals surface area contributed by atoms with Crippen LogP contribution in [0.15, 0.2) is 23.9 Å². The molecule has 0 saturated carbocycles. The van der Waals surface area contributed by atoms with Crippen LogP contribution >= 0.6 is 0 Å². The predicted octanol–water partition coefficient (Wildman–Crippen LogP) is 0.288. The molecule has 116 valence electrons. The third-order valence-electron chi connectivity index (χ3n) is 3.35. The Morgan fingerprint density at radius 2 is 2.23 bits per heavy atom. The third kappa shape index (κ3) is 2.71. The number of nitrogens with one attached hydrogen (secondary N) is 1. The minimum absolute atomic E-state index is 0.122. The molecule has 1 aliphatic rings. The van der Waals surface area contributed by atoms with E-state index in [0.29, 0.717) is 5.78 Å². The Morgan fingerprint density at radius 3 is 2.86 bits per heavy atom. The lowest BCUT2D eigenvalue weighted by atomic mass is 10.1. The van der Waals surface area contributed by atoms with E-state index in [1.54, 1.807) is 10.6 Å². The van der Waals surface area contributed by atoms with Crippen LogP contribution < -0.4 is 5.32 Å². The number of fused-ring (bicyclic) bond motifs is 1. The Hall–Kier alpha value is -2.29. The molecular weight excluding hydrogens is 306 g/mol. The third-order valence-corrected chi connectivity index (χ3v) is 4.75. The van der Waals surface area contributed by atoms with Gasteiger partial charge in [0.1, 0.15) is 12.0 Å². The summed E-state index contributed by atoms with van der Waals surface area (Å²) in [7, 11) is -3.21. The van der Waals surface area contributed by atoms with Crippen LogP contribution in [-0.4, -0.2) is 45.7 Å². The predicted molar refractivity (Wildman–Crippen MR) is 79.1 cm³/mol. The SMILES string of the molecule is CC(C)c1cc(C(=O)N[C@@H]2C=CS(=O)(=O)C2)nc2ncnn12. The molecule has 1 atom stereocenters. The van der Waals surface area contributed by atoms with Crippen LogP contribution in [0.2, 0.25) is 0 Å². The Kier molecular flexibility index (Phi) is 3.44. The first kappa shape index (κ1) is 14.6. The van der Waals surface area contributed by atoms with Crippen molar-refractivity contribution in [2.75, 3.05) is 5.75 Å². The largest absolute Gasteiger partial charge is 0.343 e. The van der Waals surface area contributed by atoms with E-state index in [1.807, 2.05) is 13.8 Å². The zero-order valence-electron chi connectivity index (χ0n) is 12.1. The lowest BCUT2D eigenvalue weighted by Crippen LogP contribution is -2.36. The molecule has 1 amide bonds. The summed E-state index contributed by atoms with van der Waals surface area (Å²) < 4.78 is 24.3. The van der Waals surface area contributed by atoms with E-state index in [1.165, 1.54) is 12.4 Å². The molecule has 0 fully saturated rings. The fraction of sp³-hybridized carbons (Fsp3) is 0.385. The molecule has 3 heterocycles. The zero-order valence-corrected chi connectivity index (χ0v) is 12.9. The van der Waals surface area contributed by atoms with Gasteiger partial charge in [-0.3, -0.25) is 4.79 Å². The monoisotopic (exact) mass is 321 g/mol. The summed E-state index contributed by atoms with van der Waals surface area (Å²) in [6.07, 6.45) is 2.84. The maximum Gasteiger partial charge on any atom is 0.270 e. The van der Waals surface area contributed by atoms with E-state index in [-0.39, 0.29) is 17.4 Å². The number of sulfone groups is 1. The highest BCUT2D eigenvalue weighted by Crippen LogP contribution is 2.16. The number of hydrogen-bond donors (Lipinski definition) is 1. The van der Waals surface area contributed by atoms with Crippen molar-refractivity contribution in [2.45, 2.75) is 25.8 Å². The van der Waals surface area contributed by atoms with Crippen molar-refractivity contribution in [2.24, 2.45) is 0 Å². The minimum atomic E-state index is -3.21. The van der Waals surface area contributed by atoms with Crippen LogP contribution in [0.3, 0.4) is 0 Å². The van der Waals surface area contributed by atoms with Gasteiger partial charge < -0.3 is 5.32 Å². The van der Waals surface area contributed by atoms with Crippen LogP contribution in [0.1, 0.15) is 35.9 Å². The molecular formula is C13H15N5O3S. The van der Waals surface area contributed by atoms with Gasteiger partial charge in [-0.15, -0.1) is 0 Å². The molecule has 3 rings (SSSR count). The van der Waals surface area contributed by atoms with Gasteiger partial charge in [-0.05, 0) is 18.1 Å². The highest BCUT2D eigenvalue weighted by atomic mass is 32.2. The molecule has 1 aliphatic heterocycles. The number of aromatic nitrogens is 4. The van der Waals surface area contributed by atoms with E-state index in [2.05, 4.69) is 20.4 Å². The molecule has 0 bridgehead atoms. The molecule has 2 aromatic rings. The first-order valence-electron chi connectivity index (χ1n) is 6.78. The standard InChI is InChI=1S/C13H15N5O3S/c1-8(2)11-5-10(17-13-14-7-15-18(11)13)12(19)16-9-3-4-22(20,21)6-9/h3-5,7-9H,6H2,1-2H3,(H,16,19)/t9-/m1/s1. The summed E-state index contributed by atoms with van der Waals surface area (Å²) in [4.78, 5) is 20.5. The smallest absolute Gasteiger partial charge is 0.270 e. The van der Waals surface area contributed by atoms with Crippen LogP contribution in [0, 0.1) is 0 Å². The quantitative estimate of drug-likeness (QED) is 0.871. The molecule has 0 unspecified atom stereocenters. The average molecular weight is 321 g/mol. The summed E-state index contributed by atoms with van der Waals surface area (Å²) >= 11 is 0. The van der Waals surface area contributed by atoms with E-state index < -0.39 is 21.8 Å². The first-order chi connectivity index (χ1) is 10.4. The first-order valence-corrected chi connectivity index (χ1v) is 8.50. The second kappa shape index (κ2) is 5.16. The van der Waals surface area contributed by atoms with Gasteiger partial charge in [0, 0.05) is 5.41 Å². The molecule has 8 nitrogen and oxygen atoms in total. The van der Waals surface area contributed by atoms with Gasteiger partial charge in [0.05, 0.1) is 17.5 Å². The molecule has 0 aromatic carbocycles. The summed E-state index contributed by atoms with van der Waals surface area (Å²) in [5.74, 6) is -0.0845. The van der Waals surface area contributed by atoms with E-state index in [4.69, 9.17) is 0 Å². The van der Waals surface area contributed by atoms with Crippen molar-refractivity contribution < 1.29 is 13.2 Å². The molecule has 9 heteroatoms. The van der Waals surface area contributed by atoms with Crippen molar-refractivity contribution >= 4 is 21.5 Å². The van der Waals surface area contributed by atoms with Crippen molar-refractivity contribution in [1.82, 2.24) is 24.9 Å².